The van der Waals surface area contributed by atoms with E-state index in [0.717, 1.165) is 26.3 Å². The van der Waals surface area contributed by atoms with Gasteiger partial charge < -0.3 is 15.0 Å². The summed E-state index contributed by atoms with van der Waals surface area (Å²) in [5.41, 5.74) is 2.01. The molecule has 214 valence electrons. The van der Waals surface area contributed by atoms with E-state index in [4.69, 9.17) is 4.74 Å². The fourth-order valence-corrected chi connectivity index (χ4v) is 5.63. The highest BCUT2D eigenvalue weighted by Crippen LogP contribution is 2.27. The maximum atomic E-state index is 14.0. The third-order valence-electron chi connectivity index (χ3n) is 6.68. The van der Waals surface area contributed by atoms with Crippen molar-refractivity contribution in [2.24, 2.45) is 0 Å². The Bertz CT molecular complexity index is 1390. The number of hydrogen-bond donors (Lipinski definition) is 1. The fraction of sp³-hybridized carbons (Fsp3) is 0.333. The fourth-order valence-electron chi connectivity index (χ4n) is 3.95. The van der Waals surface area contributed by atoms with Crippen LogP contribution in [0.2, 0.25) is 0 Å². The minimum absolute atomic E-state index is 0.0590. The summed E-state index contributed by atoms with van der Waals surface area (Å²) < 4.78 is 35.0. The van der Waals surface area contributed by atoms with Gasteiger partial charge in [-0.1, -0.05) is 52.7 Å². The Balaban J connectivity index is 2.02. The van der Waals surface area contributed by atoms with E-state index < -0.39 is 28.5 Å². The molecule has 0 spiro atoms. The van der Waals surface area contributed by atoms with Gasteiger partial charge in [-0.15, -0.1) is 0 Å². The Morgan fingerprint density at radius 1 is 0.950 bits per heavy atom. The van der Waals surface area contributed by atoms with Crippen LogP contribution >= 0.6 is 15.9 Å². The third-order valence-corrected chi connectivity index (χ3v) is 9.00. The maximum Gasteiger partial charge on any atom is 0.264 e. The standard InChI is InChI=1S/C30H36BrN3O5S/c1-6-22(3)32-30(36)23(4)33(19-24-9-11-25(31)12-10-24)29(35)20-34(26-13-15-27(39-5)16-14-26)40(37,38)28-17-7-21(2)8-18-28/h7-18,22-23H,6,19-20H2,1-5H3,(H,32,36)/t22-,23+/m1/s1. The van der Waals surface area contributed by atoms with E-state index in [0.29, 0.717) is 11.4 Å². The van der Waals surface area contributed by atoms with E-state index in [1.54, 1.807) is 43.3 Å². The first kappa shape index (κ1) is 31.2. The highest BCUT2D eigenvalue weighted by Gasteiger charge is 2.32. The zero-order chi connectivity index (χ0) is 29.4. The lowest BCUT2D eigenvalue weighted by molar-refractivity contribution is -0.139. The molecule has 0 radical (unpaired) electrons. The summed E-state index contributed by atoms with van der Waals surface area (Å²) in [6, 6.07) is 19.4. The van der Waals surface area contributed by atoms with Crippen molar-refractivity contribution in [1.82, 2.24) is 10.2 Å². The Hall–Kier alpha value is -3.37. The first-order valence-electron chi connectivity index (χ1n) is 13.0. The molecule has 0 aliphatic carbocycles. The van der Waals surface area contributed by atoms with Crippen molar-refractivity contribution in [2.75, 3.05) is 18.0 Å². The average Bonchev–Trinajstić information content (AvgIpc) is 2.95. The zero-order valence-electron chi connectivity index (χ0n) is 23.4. The maximum absolute atomic E-state index is 14.0. The van der Waals surface area contributed by atoms with Gasteiger partial charge in [0.1, 0.15) is 18.3 Å². The summed E-state index contributed by atoms with van der Waals surface area (Å²) in [4.78, 5) is 28.6. The third kappa shape index (κ3) is 7.85. The number of nitrogens with zero attached hydrogens (tertiary/aromatic N) is 2. The molecule has 40 heavy (non-hydrogen) atoms. The number of sulfonamides is 1. The van der Waals surface area contributed by atoms with Crippen LogP contribution in [0, 0.1) is 6.92 Å². The molecule has 1 N–H and O–H groups in total. The van der Waals surface area contributed by atoms with Crippen molar-refractivity contribution in [3.8, 4) is 5.75 Å². The second kappa shape index (κ2) is 13.8. The summed E-state index contributed by atoms with van der Waals surface area (Å²) >= 11 is 3.42. The highest BCUT2D eigenvalue weighted by molar-refractivity contribution is 9.10. The van der Waals surface area contributed by atoms with Crippen LogP contribution in [0.3, 0.4) is 0 Å². The quantitative estimate of drug-likeness (QED) is 0.294. The summed E-state index contributed by atoms with van der Waals surface area (Å²) in [5, 5.41) is 2.93. The van der Waals surface area contributed by atoms with E-state index in [1.807, 2.05) is 45.0 Å². The summed E-state index contributed by atoms with van der Waals surface area (Å²) in [7, 11) is -2.61. The summed E-state index contributed by atoms with van der Waals surface area (Å²) in [6.45, 7) is 7.00. The normalized spacial score (nSPS) is 12.8. The van der Waals surface area contributed by atoms with E-state index in [1.165, 1.54) is 24.1 Å². The van der Waals surface area contributed by atoms with Crippen molar-refractivity contribution < 1.29 is 22.7 Å². The van der Waals surface area contributed by atoms with Crippen LogP contribution in [-0.4, -0.2) is 50.9 Å². The van der Waals surface area contributed by atoms with E-state index >= 15 is 0 Å². The number of ether oxygens (including phenoxy) is 1. The minimum atomic E-state index is -4.13. The molecule has 3 aromatic rings. The van der Waals surface area contributed by atoms with Crippen LogP contribution in [0.1, 0.15) is 38.3 Å². The van der Waals surface area contributed by atoms with Crippen LogP contribution in [0.5, 0.6) is 5.75 Å². The number of amides is 2. The Kier molecular flexibility index (Phi) is 10.8. The first-order chi connectivity index (χ1) is 19.0. The summed E-state index contributed by atoms with van der Waals surface area (Å²) in [5.74, 6) is -0.270. The van der Waals surface area contributed by atoms with Gasteiger partial charge in [0.05, 0.1) is 17.7 Å². The van der Waals surface area contributed by atoms with Gasteiger partial charge in [0.25, 0.3) is 10.0 Å². The molecule has 0 aromatic heterocycles. The number of hydrogen-bond acceptors (Lipinski definition) is 5. The SMILES string of the molecule is CC[C@@H](C)NC(=O)[C@H](C)N(Cc1ccc(Br)cc1)C(=O)CN(c1ccc(OC)cc1)S(=O)(=O)c1ccc(C)cc1. The van der Waals surface area contributed by atoms with Crippen molar-refractivity contribution in [3.63, 3.8) is 0 Å². The summed E-state index contributed by atoms with van der Waals surface area (Å²) in [6.07, 6.45) is 0.735. The number of halogens is 1. The predicted octanol–water partition coefficient (Wildman–Crippen LogP) is 5.29. The van der Waals surface area contributed by atoms with Crippen LogP contribution in [0.25, 0.3) is 0 Å². The van der Waals surface area contributed by atoms with Gasteiger partial charge >= 0.3 is 0 Å². The molecule has 0 heterocycles. The van der Waals surface area contributed by atoms with Crippen molar-refractivity contribution in [1.29, 1.82) is 0 Å². The van der Waals surface area contributed by atoms with Crippen LogP contribution in [0.4, 0.5) is 5.69 Å². The number of nitrogens with one attached hydrogen (secondary N) is 1. The average molecular weight is 631 g/mol. The number of carbonyl (C=O) groups is 2. The number of methoxy groups -OCH3 is 1. The smallest absolute Gasteiger partial charge is 0.264 e. The number of anilines is 1. The van der Waals surface area contributed by atoms with Gasteiger partial charge in [0, 0.05) is 17.1 Å². The topological polar surface area (TPSA) is 96.0 Å². The number of carbonyl (C=O) groups excluding carboxylic acids is 2. The zero-order valence-corrected chi connectivity index (χ0v) is 25.8. The molecule has 0 fully saturated rings. The van der Waals surface area contributed by atoms with Gasteiger partial charge in [-0.3, -0.25) is 13.9 Å². The minimum Gasteiger partial charge on any atom is -0.497 e. The molecule has 3 rings (SSSR count). The Labute approximate surface area is 245 Å². The van der Waals surface area contributed by atoms with Gasteiger partial charge in [-0.25, -0.2) is 8.42 Å². The van der Waals surface area contributed by atoms with Gasteiger partial charge in [0.2, 0.25) is 11.8 Å². The molecule has 0 bridgehead atoms. The van der Waals surface area contributed by atoms with Gasteiger partial charge in [-0.05, 0) is 81.3 Å². The molecule has 0 aliphatic rings. The van der Waals surface area contributed by atoms with Gasteiger partial charge in [-0.2, -0.15) is 0 Å². The van der Waals surface area contributed by atoms with E-state index in [-0.39, 0.29) is 23.4 Å². The van der Waals surface area contributed by atoms with E-state index in [2.05, 4.69) is 21.2 Å². The second-order valence-corrected chi connectivity index (χ2v) is 12.4. The molecule has 2 atom stereocenters. The van der Waals surface area contributed by atoms with Crippen LogP contribution in [0.15, 0.2) is 82.2 Å². The van der Waals surface area contributed by atoms with Crippen molar-refractivity contribution in [2.45, 2.75) is 57.6 Å². The molecule has 0 saturated carbocycles. The lowest BCUT2D eigenvalue weighted by Crippen LogP contribution is -2.52. The largest absolute Gasteiger partial charge is 0.497 e. The van der Waals surface area contributed by atoms with E-state index in [9.17, 15) is 18.0 Å². The molecule has 3 aromatic carbocycles. The molecule has 2 amide bonds. The van der Waals surface area contributed by atoms with Crippen molar-refractivity contribution >= 4 is 43.5 Å². The highest BCUT2D eigenvalue weighted by atomic mass is 79.9. The van der Waals surface area contributed by atoms with Crippen LogP contribution in [-0.2, 0) is 26.2 Å². The molecule has 10 heteroatoms. The van der Waals surface area contributed by atoms with Crippen LogP contribution < -0.4 is 14.4 Å². The lowest BCUT2D eigenvalue weighted by atomic mass is 10.1. The monoisotopic (exact) mass is 629 g/mol. The molecular formula is C30H36BrN3O5S. The molecule has 0 aliphatic heterocycles. The van der Waals surface area contributed by atoms with Gasteiger partial charge in [0.15, 0.2) is 0 Å². The molecule has 0 unspecified atom stereocenters. The van der Waals surface area contributed by atoms with Crippen molar-refractivity contribution in [3.05, 3.63) is 88.4 Å². The number of benzene rings is 3. The first-order valence-corrected chi connectivity index (χ1v) is 15.3. The Morgan fingerprint density at radius 2 is 1.55 bits per heavy atom. The lowest BCUT2D eigenvalue weighted by Gasteiger charge is -2.32. The predicted molar refractivity (Wildman–Crippen MR) is 161 cm³/mol. The molecular weight excluding hydrogens is 594 g/mol. The number of aryl methyl sites for hydroxylation is 1. The second-order valence-electron chi connectivity index (χ2n) is 9.66. The Morgan fingerprint density at radius 3 is 2.10 bits per heavy atom. The molecule has 0 saturated heterocycles. The molecule has 8 nitrogen and oxygen atoms in total. The number of rotatable bonds is 12.